The molecule has 2 N–H and O–H groups in total. The molecule has 0 fully saturated rings. The summed E-state index contributed by atoms with van der Waals surface area (Å²) in [5.41, 5.74) is 7.03. The van der Waals surface area contributed by atoms with Crippen molar-refractivity contribution in [2.45, 2.75) is 25.2 Å². The zero-order valence-corrected chi connectivity index (χ0v) is 9.21. The van der Waals surface area contributed by atoms with E-state index in [9.17, 15) is 17.6 Å². The summed E-state index contributed by atoms with van der Waals surface area (Å²) in [4.78, 5) is 0. The van der Waals surface area contributed by atoms with Crippen LogP contribution in [0, 0.1) is 0 Å². The van der Waals surface area contributed by atoms with Crippen molar-refractivity contribution >= 4 is 0 Å². The Balaban J connectivity index is 2.23. The van der Waals surface area contributed by atoms with Gasteiger partial charge in [-0.15, -0.1) is 0 Å². The molecular weight excluding hydrogens is 254 g/mol. The summed E-state index contributed by atoms with van der Waals surface area (Å²) in [7, 11) is 0. The number of nitrogens with two attached hydrogens (primary N) is 1. The molecule has 0 unspecified atom stereocenters. The smallest absolute Gasteiger partial charge is 0.428 e. The summed E-state index contributed by atoms with van der Waals surface area (Å²) >= 11 is 0. The van der Waals surface area contributed by atoms with Crippen LogP contribution in [0.1, 0.15) is 17.2 Å². The molecule has 3 nitrogen and oxygen atoms in total. The van der Waals surface area contributed by atoms with Crippen LogP contribution in [0.4, 0.5) is 17.6 Å². The van der Waals surface area contributed by atoms with Crippen molar-refractivity contribution in [1.29, 1.82) is 0 Å². The molecule has 0 amide bonds. The number of ether oxygens (including phenoxy) is 2. The first-order valence-corrected chi connectivity index (χ1v) is 5.21. The third-order valence-corrected chi connectivity index (χ3v) is 2.58. The quantitative estimate of drug-likeness (QED) is 0.854. The van der Waals surface area contributed by atoms with Crippen molar-refractivity contribution < 1.29 is 27.0 Å². The van der Waals surface area contributed by atoms with Crippen LogP contribution in [0.25, 0.3) is 0 Å². The van der Waals surface area contributed by atoms with Gasteiger partial charge in [0.15, 0.2) is 0 Å². The van der Waals surface area contributed by atoms with Gasteiger partial charge in [0.1, 0.15) is 5.75 Å². The Morgan fingerprint density at radius 2 is 2.11 bits per heavy atom. The van der Waals surface area contributed by atoms with Gasteiger partial charge < -0.3 is 15.2 Å². The molecule has 0 saturated carbocycles. The van der Waals surface area contributed by atoms with Gasteiger partial charge in [0.2, 0.25) is 0 Å². The Hall–Kier alpha value is -1.34. The Morgan fingerprint density at radius 1 is 1.39 bits per heavy atom. The van der Waals surface area contributed by atoms with Crippen molar-refractivity contribution in [1.82, 2.24) is 0 Å². The van der Waals surface area contributed by atoms with Gasteiger partial charge in [-0.1, -0.05) is 6.07 Å². The Bertz CT molecular complexity index is 439. The second kappa shape index (κ2) is 4.74. The van der Waals surface area contributed by atoms with Crippen molar-refractivity contribution in [3.8, 4) is 5.75 Å². The van der Waals surface area contributed by atoms with Crippen molar-refractivity contribution in [3.63, 3.8) is 0 Å². The van der Waals surface area contributed by atoms with Gasteiger partial charge in [0.25, 0.3) is 0 Å². The zero-order chi connectivity index (χ0) is 13.3. The average molecular weight is 265 g/mol. The SMILES string of the molecule is N[C@H]1COCc2ccc(OC(F)(F)C(F)F)cc21. The third-order valence-electron chi connectivity index (χ3n) is 2.58. The van der Waals surface area contributed by atoms with Crippen molar-refractivity contribution in [2.24, 2.45) is 5.73 Å². The van der Waals surface area contributed by atoms with E-state index < -0.39 is 18.6 Å². The van der Waals surface area contributed by atoms with E-state index in [-0.39, 0.29) is 12.4 Å². The van der Waals surface area contributed by atoms with Gasteiger partial charge in [0, 0.05) is 0 Å². The summed E-state index contributed by atoms with van der Waals surface area (Å²) < 4.78 is 58.6. The molecule has 1 aliphatic rings. The number of hydrogen-bond donors (Lipinski definition) is 1. The molecule has 1 atom stereocenters. The molecule has 1 aliphatic heterocycles. The first kappa shape index (κ1) is 13.1. The van der Waals surface area contributed by atoms with E-state index in [0.29, 0.717) is 12.2 Å². The number of alkyl halides is 4. The predicted molar refractivity (Wildman–Crippen MR) is 54.6 cm³/mol. The molecular formula is C11H11F4NO2. The van der Waals surface area contributed by atoms with E-state index in [0.717, 1.165) is 5.56 Å². The lowest BCUT2D eigenvalue weighted by Crippen LogP contribution is -2.33. The lowest BCUT2D eigenvalue weighted by molar-refractivity contribution is -0.253. The molecule has 7 heteroatoms. The molecule has 0 radical (unpaired) electrons. The molecule has 1 aromatic rings. The summed E-state index contributed by atoms with van der Waals surface area (Å²) in [5.74, 6) is -0.337. The van der Waals surface area contributed by atoms with Gasteiger partial charge in [-0.25, -0.2) is 0 Å². The number of benzene rings is 1. The molecule has 1 aromatic carbocycles. The Kier molecular flexibility index (Phi) is 3.45. The molecule has 0 saturated heterocycles. The maximum atomic E-state index is 12.7. The lowest BCUT2D eigenvalue weighted by Gasteiger charge is -2.24. The fourth-order valence-electron chi connectivity index (χ4n) is 1.70. The second-order valence-electron chi connectivity index (χ2n) is 3.95. The van der Waals surface area contributed by atoms with Crippen LogP contribution >= 0.6 is 0 Å². The number of fused-ring (bicyclic) bond motifs is 1. The predicted octanol–water partition coefficient (Wildman–Crippen LogP) is 2.45. The standard InChI is InChI=1S/C11H11F4NO2/c12-10(13)11(14,15)18-7-2-1-6-4-17-5-9(16)8(6)3-7/h1-3,9-10H,4-5,16H2/t9-/m0/s1. The van der Waals surface area contributed by atoms with Crippen LogP contribution in [0.2, 0.25) is 0 Å². The van der Waals surface area contributed by atoms with Crippen molar-refractivity contribution in [3.05, 3.63) is 29.3 Å². The molecule has 0 spiro atoms. The van der Waals surface area contributed by atoms with Crippen LogP contribution in [-0.2, 0) is 11.3 Å². The van der Waals surface area contributed by atoms with Crippen LogP contribution in [-0.4, -0.2) is 19.1 Å². The minimum atomic E-state index is -4.51. The molecule has 0 aromatic heterocycles. The van der Waals surface area contributed by atoms with Gasteiger partial charge in [-0.05, 0) is 23.3 Å². The molecule has 0 aliphatic carbocycles. The summed E-state index contributed by atoms with van der Waals surface area (Å²) in [6.07, 6.45) is -8.39. The van der Waals surface area contributed by atoms with Gasteiger partial charge in [-0.2, -0.15) is 17.6 Å². The Morgan fingerprint density at radius 3 is 2.78 bits per heavy atom. The van der Waals surface area contributed by atoms with E-state index >= 15 is 0 Å². The van der Waals surface area contributed by atoms with Crippen LogP contribution in [0.3, 0.4) is 0 Å². The first-order chi connectivity index (χ1) is 8.40. The highest BCUT2D eigenvalue weighted by Crippen LogP contribution is 2.31. The minimum absolute atomic E-state index is 0.252. The molecule has 100 valence electrons. The molecule has 1 heterocycles. The van der Waals surface area contributed by atoms with Gasteiger partial charge >= 0.3 is 12.5 Å². The highest BCUT2D eigenvalue weighted by Gasteiger charge is 2.44. The Labute approximate surface area is 100 Å². The second-order valence-corrected chi connectivity index (χ2v) is 3.95. The monoisotopic (exact) mass is 265 g/mol. The summed E-state index contributed by atoms with van der Waals surface area (Å²) in [6.45, 7) is 0.566. The average Bonchev–Trinajstić information content (AvgIpc) is 2.29. The zero-order valence-electron chi connectivity index (χ0n) is 9.21. The van der Waals surface area contributed by atoms with Crippen LogP contribution in [0.5, 0.6) is 5.75 Å². The maximum Gasteiger partial charge on any atom is 0.461 e. The minimum Gasteiger partial charge on any atom is -0.428 e. The first-order valence-electron chi connectivity index (χ1n) is 5.21. The van der Waals surface area contributed by atoms with Crippen LogP contribution < -0.4 is 10.5 Å². The van der Waals surface area contributed by atoms with Crippen molar-refractivity contribution in [2.75, 3.05) is 6.61 Å². The van der Waals surface area contributed by atoms with E-state index in [2.05, 4.69) is 4.74 Å². The number of hydrogen-bond acceptors (Lipinski definition) is 3. The van der Waals surface area contributed by atoms with Gasteiger partial charge in [-0.3, -0.25) is 0 Å². The van der Waals surface area contributed by atoms with Crippen LogP contribution in [0.15, 0.2) is 18.2 Å². The lowest BCUT2D eigenvalue weighted by atomic mass is 9.99. The fraction of sp³-hybridized carbons (Fsp3) is 0.455. The molecule has 2 rings (SSSR count). The topological polar surface area (TPSA) is 44.5 Å². The van der Waals surface area contributed by atoms with E-state index in [1.165, 1.54) is 18.2 Å². The summed E-state index contributed by atoms with van der Waals surface area (Å²) in [5, 5.41) is 0. The highest BCUT2D eigenvalue weighted by molar-refractivity contribution is 5.38. The molecule has 0 bridgehead atoms. The fourth-order valence-corrected chi connectivity index (χ4v) is 1.70. The van der Waals surface area contributed by atoms with E-state index in [4.69, 9.17) is 10.5 Å². The maximum absolute atomic E-state index is 12.7. The number of halogens is 4. The highest BCUT2D eigenvalue weighted by atomic mass is 19.3. The summed E-state index contributed by atoms with van der Waals surface area (Å²) in [6, 6.07) is 3.44. The third kappa shape index (κ3) is 2.56. The van der Waals surface area contributed by atoms with E-state index in [1.54, 1.807) is 0 Å². The number of rotatable bonds is 3. The van der Waals surface area contributed by atoms with Gasteiger partial charge in [0.05, 0.1) is 19.3 Å². The molecule has 18 heavy (non-hydrogen) atoms. The van der Waals surface area contributed by atoms with E-state index in [1.807, 2.05) is 0 Å². The largest absolute Gasteiger partial charge is 0.461 e. The normalized spacial score (nSPS) is 19.8.